The van der Waals surface area contributed by atoms with Gasteiger partial charge in [0.05, 0.1) is 12.7 Å². The van der Waals surface area contributed by atoms with Crippen molar-refractivity contribution < 1.29 is 23.8 Å². The van der Waals surface area contributed by atoms with Crippen molar-refractivity contribution in [3.8, 4) is 5.75 Å². The van der Waals surface area contributed by atoms with E-state index in [9.17, 15) is 14.0 Å². The van der Waals surface area contributed by atoms with Gasteiger partial charge in [0.2, 0.25) is 0 Å². The molecule has 1 aliphatic rings. The molecule has 1 N–H and O–H groups in total. The van der Waals surface area contributed by atoms with Crippen molar-refractivity contribution in [2.24, 2.45) is 5.92 Å². The van der Waals surface area contributed by atoms with E-state index < -0.39 is 11.8 Å². The molecule has 0 bridgehead atoms. The molecule has 1 heterocycles. The molecule has 1 aromatic rings. The van der Waals surface area contributed by atoms with Crippen molar-refractivity contribution in [1.29, 1.82) is 0 Å². The van der Waals surface area contributed by atoms with Crippen LogP contribution in [0.2, 0.25) is 0 Å². The molecule has 5 nitrogen and oxygen atoms in total. The molecule has 1 atom stereocenters. The average molecular weight is 309 g/mol. The van der Waals surface area contributed by atoms with E-state index >= 15 is 0 Å². The van der Waals surface area contributed by atoms with E-state index in [0.29, 0.717) is 25.3 Å². The molecule has 1 fully saturated rings. The number of carboxylic acids is 1. The Balaban J connectivity index is 2.10. The minimum atomic E-state index is -0.809. The molecular formula is C16H20FNO4. The third kappa shape index (κ3) is 3.96. The second-order valence-corrected chi connectivity index (χ2v) is 5.53. The number of carbonyl (C=O) groups excluding carboxylic acids is 1. The number of likely N-dealkylation sites (tertiary alicyclic amines) is 1. The molecule has 0 aromatic heterocycles. The summed E-state index contributed by atoms with van der Waals surface area (Å²) in [4.78, 5) is 25.0. The van der Waals surface area contributed by atoms with Crippen molar-refractivity contribution in [1.82, 2.24) is 4.90 Å². The van der Waals surface area contributed by atoms with Gasteiger partial charge in [0.15, 0.2) is 0 Å². The lowest BCUT2D eigenvalue weighted by Gasteiger charge is -2.21. The maximum Gasteiger partial charge on any atom is 0.303 e. The first-order chi connectivity index (χ1) is 10.5. The van der Waals surface area contributed by atoms with E-state index in [2.05, 4.69) is 0 Å². The molecule has 0 spiro atoms. The van der Waals surface area contributed by atoms with Crippen LogP contribution in [-0.2, 0) is 4.79 Å². The van der Waals surface area contributed by atoms with Gasteiger partial charge in [-0.2, -0.15) is 0 Å². The molecule has 22 heavy (non-hydrogen) atoms. The Kier molecular flexibility index (Phi) is 5.35. The molecule has 6 heteroatoms. The highest BCUT2D eigenvalue weighted by molar-refractivity contribution is 5.97. The number of methoxy groups -OCH3 is 1. The zero-order chi connectivity index (χ0) is 16.1. The van der Waals surface area contributed by atoms with Gasteiger partial charge in [0, 0.05) is 19.5 Å². The van der Waals surface area contributed by atoms with Crippen LogP contribution in [0.4, 0.5) is 4.39 Å². The Morgan fingerprint density at radius 1 is 1.36 bits per heavy atom. The van der Waals surface area contributed by atoms with E-state index in [1.807, 2.05) is 0 Å². The average Bonchev–Trinajstić information content (AvgIpc) is 2.71. The number of hydrogen-bond acceptors (Lipinski definition) is 3. The second kappa shape index (κ2) is 7.24. The Labute approximate surface area is 128 Å². The monoisotopic (exact) mass is 309 g/mol. The third-order valence-corrected chi connectivity index (χ3v) is 3.99. The van der Waals surface area contributed by atoms with E-state index in [0.717, 1.165) is 12.8 Å². The van der Waals surface area contributed by atoms with Gasteiger partial charge in [0.1, 0.15) is 11.6 Å². The molecule has 1 saturated heterocycles. The lowest BCUT2D eigenvalue weighted by atomic mass is 9.97. The minimum absolute atomic E-state index is 0.0877. The molecule has 1 amide bonds. The van der Waals surface area contributed by atoms with Crippen molar-refractivity contribution in [2.75, 3.05) is 20.2 Å². The van der Waals surface area contributed by atoms with Crippen LogP contribution in [0, 0.1) is 11.7 Å². The van der Waals surface area contributed by atoms with Gasteiger partial charge in [-0.15, -0.1) is 0 Å². The van der Waals surface area contributed by atoms with Crippen LogP contribution >= 0.6 is 0 Å². The highest BCUT2D eigenvalue weighted by Gasteiger charge is 2.25. The van der Waals surface area contributed by atoms with Crippen LogP contribution in [0.15, 0.2) is 18.2 Å². The Bertz CT molecular complexity index is 561. The van der Waals surface area contributed by atoms with Gasteiger partial charge in [-0.05, 0) is 43.4 Å². The topological polar surface area (TPSA) is 66.8 Å². The fourth-order valence-corrected chi connectivity index (χ4v) is 2.84. The molecule has 1 aliphatic heterocycles. The first-order valence-corrected chi connectivity index (χ1v) is 7.36. The number of ether oxygens (including phenoxy) is 1. The van der Waals surface area contributed by atoms with Gasteiger partial charge in [-0.1, -0.05) is 0 Å². The van der Waals surface area contributed by atoms with E-state index in [4.69, 9.17) is 9.84 Å². The molecule has 1 aromatic carbocycles. The fraction of sp³-hybridized carbons (Fsp3) is 0.500. The normalized spacial score (nSPS) is 18.6. The summed E-state index contributed by atoms with van der Waals surface area (Å²) in [6.07, 6.45) is 2.32. The molecule has 0 aliphatic carbocycles. The molecule has 1 unspecified atom stereocenters. The van der Waals surface area contributed by atoms with Crippen molar-refractivity contribution in [3.05, 3.63) is 29.6 Å². The Morgan fingerprint density at radius 2 is 2.14 bits per heavy atom. The molecule has 2 rings (SSSR count). The van der Waals surface area contributed by atoms with Crippen LogP contribution in [0.5, 0.6) is 5.75 Å². The molecule has 0 radical (unpaired) electrons. The fourth-order valence-electron chi connectivity index (χ4n) is 2.84. The van der Waals surface area contributed by atoms with Crippen molar-refractivity contribution in [3.63, 3.8) is 0 Å². The standard InChI is InChI=1S/C16H20FNO4/c1-22-14-5-4-12(17)10-13(14)16(21)18-7-2-3-11(6-8-18)9-15(19)20/h4-5,10-11H,2-3,6-9H2,1H3,(H,19,20). The summed E-state index contributed by atoms with van der Waals surface area (Å²) in [5.41, 5.74) is 0.208. The number of nitrogens with zero attached hydrogens (tertiary/aromatic N) is 1. The summed E-state index contributed by atoms with van der Waals surface area (Å²) in [6.45, 7) is 1.03. The maximum absolute atomic E-state index is 13.4. The summed E-state index contributed by atoms with van der Waals surface area (Å²) in [6, 6.07) is 3.87. The van der Waals surface area contributed by atoms with Gasteiger partial charge >= 0.3 is 5.97 Å². The number of rotatable bonds is 4. The highest BCUT2D eigenvalue weighted by atomic mass is 19.1. The lowest BCUT2D eigenvalue weighted by molar-refractivity contribution is -0.138. The first kappa shape index (κ1) is 16.3. The van der Waals surface area contributed by atoms with E-state index in [-0.39, 0.29) is 23.8 Å². The third-order valence-electron chi connectivity index (χ3n) is 3.99. The second-order valence-electron chi connectivity index (χ2n) is 5.53. The maximum atomic E-state index is 13.4. The van der Waals surface area contributed by atoms with Gasteiger partial charge in [0.25, 0.3) is 5.91 Å². The zero-order valence-corrected chi connectivity index (χ0v) is 12.5. The zero-order valence-electron chi connectivity index (χ0n) is 12.5. The quantitative estimate of drug-likeness (QED) is 0.928. The van der Waals surface area contributed by atoms with E-state index in [1.54, 1.807) is 4.90 Å². The number of benzene rings is 1. The van der Waals surface area contributed by atoms with Crippen LogP contribution in [0.1, 0.15) is 36.0 Å². The number of carboxylic acid groups (broad SMARTS) is 1. The number of aliphatic carboxylic acids is 1. The van der Waals surface area contributed by atoms with Gasteiger partial charge in [-0.3, -0.25) is 9.59 Å². The lowest BCUT2D eigenvalue weighted by Crippen LogP contribution is -2.32. The Morgan fingerprint density at radius 3 is 2.82 bits per heavy atom. The number of carbonyl (C=O) groups is 2. The van der Waals surface area contributed by atoms with Gasteiger partial charge in [-0.25, -0.2) is 4.39 Å². The predicted molar refractivity (Wildman–Crippen MR) is 78.4 cm³/mol. The van der Waals surface area contributed by atoms with Gasteiger partial charge < -0.3 is 14.7 Å². The van der Waals surface area contributed by atoms with Crippen LogP contribution in [0.25, 0.3) is 0 Å². The largest absolute Gasteiger partial charge is 0.496 e. The van der Waals surface area contributed by atoms with Crippen molar-refractivity contribution in [2.45, 2.75) is 25.7 Å². The highest BCUT2D eigenvalue weighted by Crippen LogP contribution is 2.25. The minimum Gasteiger partial charge on any atom is -0.496 e. The summed E-state index contributed by atoms with van der Waals surface area (Å²) >= 11 is 0. The smallest absolute Gasteiger partial charge is 0.303 e. The van der Waals surface area contributed by atoms with Crippen LogP contribution in [0.3, 0.4) is 0 Å². The van der Waals surface area contributed by atoms with E-state index in [1.165, 1.54) is 25.3 Å². The Hall–Kier alpha value is -2.11. The first-order valence-electron chi connectivity index (χ1n) is 7.36. The predicted octanol–water partition coefficient (Wildman–Crippen LogP) is 2.55. The summed E-state index contributed by atoms with van der Waals surface area (Å²) in [5, 5.41) is 8.87. The SMILES string of the molecule is COc1ccc(F)cc1C(=O)N1CCCC(CC(=O)O)CC1. The molecular weight excluding hydrogens is 289 g/mol. The van der Waals surface area contributed by atoms with Crippen LogP contribution in [-0.4, -0.2) is 42.1 Å². The number of hydrogen-bond donors (Lipinski definition) is 1. The van der Waals surface area contributed by atoms with Crippen molar-refractivity contribution >= 4 is 11.9 Å². The van der Waals surface area contributed by atoms with Crippen LogP contribution < -0.4 is 4.74 Å². The number of amides is 1. The number of halogens is 1. The molecule has 120 valence electrons. The summed E-state index contributed by atoms with van der Waals surface area (Å²) in [7, 11) is 1.44. The summed E-state index contributed by atoms with van der Waals surface area (Å²) in [5.74, 6) is -1.13. The molecule has 0 saturated carbocycles. The summed E-state index contributed by atoms with van der Waals surface area (Å²) < 4.78 is 18.5.